The summed E-state index contributed by atoms with van der Waals surface area (Å²) in [5, 5.41) is 7.28. The summed E-state index contributed by atoms with van der Waals surface area (Å²) in [5.74, 6) is 1.40. The number of anilines is 3. The van der Waals surface area contributed by atoms with Crippen LogP contribution in [0.3, 0.4) is 0 Å². The van der Waals surface area contributed by atoms with Crippen molar-refractivity contribution in [1.82, 2.24) is 14.9 Å². The first-order valence-corrected chi connectivity index (χ1v) is 8.49. The Bertz CT molecular complexity index is 659. The number of hydrogen-bond acceptors (Lipinski definition) is 6. The highest BCUT2D eigenvalue weighted by Gasteiger charge is 2.09. The molecule has 0 unspecified atom stereocenters. The zero-order valence-corrected chi connectivity index (χ0v) is 14.5. The van der Waals surface area contributed by atoms with Crippen LogP contribution in [0.4, 0.5) is 17.5 Å². The van der Waals surface area contributed by atoms with E-state index >= 15 is 0 Å². The van der Waals surface area contributed by atoms with E-state index in [4.69, 9.17) is 16.3 Å². The Balaban J connectivity index is 1.57. The summed E-state index contributed by atoms with van der Waals surface area (Å²) in [6, 6.07) is 9.42. The highest BCUT2D eigenvalue weighted by atomic mass is 35.5. The zero-order valence-electron chi connectivity index (χ0n) is 13.8. The molecule has 0 spiro atoms. The largest absolute Gasteiger partial charge is 0.379 e. The number of rotatable bonds is 6. The van der Waals surface area contributed by atoms with Gasteiger partial charge in [0.15, 0.2) is 0 Å². The Kier molecular flexibility index (Phi) is 5.85. The molecule has 2 N–H and O–H groups in total. The third kappa shape index (κ3) is 5.06. The summed E-state index contributed by atoms with van der Waals surface area (Å²) < 4.78 is 5.36. The van der Waals surface area contributed by atoms with Crippen LogP contribution in [0, 0.1) is 6.92 Å². The van der Waals surface area contributed by atoms with Gasteiger partial charge in [-0.05, 0) is 31.2 Å². The molecule has 0 aliphatic carbocycles. The molecule has 1 aromatic heterocycles. The van der Waals surface area contributed by atoms with Gasteiger partial charge in [0, 0.05) is 48.6 Å². The highest BCUT2D eigenvalue weighted by molar-refractivity contribution is 6.30. The molecule has 2 aromatic rings. The standard InChI is InChI=1S/C17H22ClN5O/c1-13-12-16(19-6-7-23-8-10-24-11-9-23)22-17(20-13)21-15-4-2-14(18)3-5-15/h2-5,12H,6-11H2,1H3,(H2,19,20,21,22). The summed E-state index contributed by atoms with van der Waals surface area (Å²) >= 11 is 5.91. The molecule has 128 valence electrons. The molecule has 1 aliphatic heterocycles. The highest BCUT2D eigenvalue weighted by Crippen LogP contribution is 2.18. The first-order chi connectivity index (χ1) is 11.7. The van der Waals surface area contributed by atoms with Crippen LogP contribution >= 0.6 is 11.6 Å². The fourth-order valence-corrected chi connectivity index (χ4v) is 2.67. The molecule has 24 heavy (non-hydrogen) atoms. The van der Waals surface area contributed by atoms with Gasteiger partial charge in [-0.3, -0.25) is 4.90 Å². The fourth-order valence-electron chi connectivity index (χ4n) is 2.54. The number of hydrogen-bond donors (Lipinski definition) is 2. The van der Waals surface area contributed by atoms with E-state index in [-0.39, 0.29) is 0 Å². The third-order valence-corrected chi connectivity index (χ3v) is 4.04. The molecule has 2 heterocycles. The maximum absolute atomic E-state index is 5.91. The van der Waals surface area contributed by atoms with E-state index in [0.29, 0.717) is 11.0 Å². The average Bonchev–Trinajstić information content (AvgIpc) is 2.57. The molecule has 1 aromatic carbocycles. The van der Waals surface area contributed by atoms with Gasteiger partial charge in [-0.2, -0.15) is 4.98 Å². The van der Waals surface area contributed by atoms with Gasteiger partial charge < -0.3 is 15.4 Å². The van der Waals surface area contributed by atoms with Gasteiger partial charge in [-0.25, -0.2) is 4.98 Å². The van der Waals surface area contributed by atoms with Crippen molar-refractivity contribution in [2.75, 3.05) is 50.0 Å². The first-order valence-electron chi connectivity index (χ1n) is 8.11. The van der Waals surface area contributed by atoms with Crippen molar-refractivity contribution in [1.29, 1.82) is 0 Å². The molecule has 0 atom stereocenters. The maximum Gasteiger partial charge on any atom is 0.229 e. The van der Waals surface area contributed by atoms with Crippen molar-refractivity contribution < 1.29 is 4.74 Å². The van der Waals surface area contributed by atoms with Gasteiger partial charge in [0.2, 0.25) is 5.95 Å². The third-order valence-electron chi connectivity index (χ3n) is 3.79. The summed E-state index contributed by atoms with van der Waals surface area (Å²) in [4.78, 5) is 11.3. The van der Waals surface area contributed by atoms with Gasteiger partial charge >= 0.3 is 0 Å². The molecule has 0 bridgehead atoms. The van der Waals surface area contributed by atoms with Crippen molar-refractivity contribution in [2.45, 2.75) is 6.92 Å². The van der Waals surface area contributed by atoms with Crippen LogP contribution in [-0.2, 0) is 4.74 Å². The first kappa shape index (κ1) is 17.0. The molecule has 7 heteroatoms. The summed E-state index contributed by atoms with van der Waals surface area (Å²) in [7, 11) is 0. The van der Waals surface area contributed by atoms with Crippen LogP contribution in [-0.4, -0.2) is 54.3 Å². The Morgan fingerprint density at radius 3 is 2.67 bits per heavy atom. The molecule has 1 saturated heterocycles. The van der Waals surface area contributed by atoms with E-state index in [0.717, 1.165) is 56.6 Å². The second-order valence-corrected chi connectivity index (χ2v) is 6.17. The molecular formula is C17H22ClN5O. The normalized spacial score (nSPS) is 15.2. The number of nitrogens with one attached hydrogen (secondary N) is 2. The molecule has 6 nitrogen and oxygen atoms in total. The molecule has 3 rings (SSSR count). The number of morpholine rings is 1. The minimum absolute atomic E-state index is 0.575. The Morgan fingerprint density at radius 2 is 1.92 bits per heavy atom. The van der Waals surface area contributed by atoms with E-state index in [1.807, 2.05) is 37.3 Å². The van der Waals surface area contributed by atoms with Crippen molar-refractivity contribution in [3.8, 4) is 0 Å². The van der Waals surface area contributed by atoms with Crippen molar-refractivity contribution in [3.63, 3.8) is 0 Å². The van der Waals surface area contributed by atoms with Crippen molar-refractivity contribution >= 4 is 29.1 Å². The smallest absolute Gasteiger partial charge is 0.229 e. The van der Waals surface area contributed by atoms with Gasteiger partial charge in [0.25, 0.3) is 0 Å². The lowest BCUT2D eigenvalue weighted by molar-refractivity contribution is 0.0398. The van der Waals surface area contributed by atoms with Gasteiger partial charge in [0.05, 0.1) is 13.2 Å². The number of ether oxygens (including phenoxy) is 1. The summed E-state index contributed by atoms with van der Waals surface area (Å²) in [6.07, 6.45) is 0. The molecule has 0 amide bonds. The van der Waals surface area contributed by atoms with E-state index in [1.54, 1.807) is 0 Å². The molecule has 0 radical (unpaired) electrons. The summed E-state index contributed by atoms with van der Waals surface area (Å²) in [6.45, 7) is 7.41. The Labute approximate surface area is 147 Å². The molecular weight excluding hydrogens is 326 g/mol. The predicted octanol–water partition coefficient (Wildman–Crippen LogP) is 2.93. The Hall–Kier alpha value is -1.89. The van der Waals surface area contributed by atoms with Crippen molar-refractivity contribution in [2.24, 2.45) is 0 Å². The minimum Gasteiger partial charge on any atom is -0.379 e. The lowest BCUT2D eigenvalue weighted by atomic mass is 10.3. The van der Waals surface area contributed by atoms with E-state index in [2.05, 4.69) is 25.5 Å². The van der Waals surface area contributed by atoms with Crippen LogP contribution in [0.5, 0.6) is 0 Å². The van der Waals surface area contributed by atoms with Gasteiger partial charge in [-0.15, -0.1) is 0 Å². The van der Waals surface area contributed by atoms with Crippen LogP contribution in [0.15, 0.2) is 30.3 Å². The quantitative estimate of drug-likeness (QED) is 0.837. The SMILES string of the molecule is Cc1cc(NCCN2CCOCC2)nc(Nc2ccc(Cl)cc2)n1. The lowest BCUT2D eigenvalue weighted by Crippen LogP contribution is -2.39. The number of nitrogens with zero attached hydrogens (tertiary/aromatic N) is 3. The number of benzene rings is 1. The van der Waals surface area contributed by atoms with Crippen LogP contribution < -0.4 is 10.6 Å². The maximum atomic E-state index is 5.91. The predicted molar refractivity (Wildman–Crippen MR) is 97.3 cm³/mol. The lowest BCUT2D eigenvalue weighted by Gasteiger charge is -2.26. The van der Waals surface area contributed by atoms with E-state index in [9.17, 15) is 0 Å². The van der Waals surface area contributed by atoms with Crippen molar-refractivity contribution in [3.05, 3.63) is 41.0 Å². The molecule has 0 saturated carbocycles. The van der Waals surface area contributed by atoms with Crippen LogP contribution in [0.1, 0.15) is 5.69 Å². The van der Waals surface area contributed by atoms with Crippen LogP contribution in [0.2, 0.25) is 5.02 Å². The monoisotopic (exact) mass is 347 g/mol. The van der Waals surface area contributed by atoms with E-state index < -0.39 is 0 Å². The van der Waals surface area contributed by atoms with Gasteiger partial charge in [0.1, 0.15) is 5.82 Å². The number of aromatic nitrogens is 2. The second kappa shape index (κ2) is 8.28. The van der Waals surface area contributed by atoms with Crippen LogP contribution in [0.25, 0.3) is 0 Å². The summed E-state index contributed by atoms with van der Waals surface area (Å²) in [5.41, 5.74) is 1.82. The second-order valence-electron chi connectivity index (χ2n) is 5.73. The number of halogens is 1. The van der Waals surface area contributed by atoms with Gasteiger partial charge in [-0.1, -0.05) is 11.6 Å². The minimum atomic E-state index is 0.575. The number of aryl methyl sites for hydroxylation is 1. The molecule has 1 aliphatic rings. The fraction of sp³-hybridized carbons (Fsp3) is 0.412. The topological polar surface area (TPSA) is 62.3 Å². The molecule has 1 fully saturated rings. The van der Waals surface area contributed by atoms with E-state index in [1.165, 1.54) is 0 Å². The zero-order chi connectivity index (χ0) is 16.8. The average molecular weight is 348 g/mol. The Morgan fingerprint density at radius 1 is 1.17 bits per heavy atom.